The number of ether oxygens (including phenoxy) is 1. The molecule has 2 rings (SSSR count). The zero-order chi connectivity index (χ0) is 15.9. The summed E-state index contributed by atoms with van der Waals surface area (Å²) < 4.78 is 10.6. The van der Waals surface area contributed by atoms with Gasteiger partial charge in [0.2, 0.25) is 5.89 Å². The monoisotopic (exact) mass is 320 g/mol. The third-order valence-electron chi connectivity index (χ3n) is 3.19. The molecule has 2 atom stereocenters. The van der Waals surface area contributed by atoms with Crippen LogP contribution in [-0.2, 0) is 16.0 Å². The molecular weight excluding hydrogens is 300 g/mol. The molecule has 6 heteroatoms. The lowest BCUT2D eigenvalue weighted by atomic mass is 9.98. The molecule has 1 aromatic heterocycles. The second-order valence-corrected chi connectivity index (χ2v) is 6.28. The van der Waals surface area contributed by atoms with Crippen LogP contribution in [0.2, 0.25) is 0 Å². The van der Waals surface area contributed by atoms with Gasteiger partial charge in [0, 0.05) is 6.42 Å². The molecule has 0 aliphatic heterocycles. The molecule has 0 aliphatic rings. The van der Waals surface area contributed by atoms with E-state index in [9.17, 15) is 4.79 Å². The van der Waals surface area contributed by atoms with E-state index in [1.54, 1.807) is 13.8 Å². The predicted octanol–water partition coefficient (Wildman–Crippen LogP) is 3.46. The van der Waals surface area contributed by atoms with Gasteiger partial charge in [-0.05, 0) is 25.3 Å². The first-order valence-electron chi connectivity index (χ1n) is 7.30. The molecular formula is C16H20N2O3S. The van der Waals surface area contributed by atoms with E-state index < -0.39 is 0 Å². The minimum atomic E-state index is -0.361. The number of hydrogen-bond acceptors (Lipinski definition) is 6. The van der Waals surface area contributed by atoms with Gasteiger partial charge in [-0.3, -0.25) is 4.79 Å². The van der Waals surface area contributed by atoms with Crippen molar-refractivity contribution in [3.05, 3.63) is 41.8 Å². The number of nitrogens with zero attached hydrogens (tertiary/aromatic N) is 2. The highest BCUT2D eigenvalue weighted by atomic mass is 32.2. The van der Waals surface area contributed by atoms with Crippen LogP contribution in [0.3, 0.4) is 0 Å². The van der Waals surface area contributed by atoms with Crippen molar-refractivity contribution in [3.63, 3.8) is 0 Å². The van der Waals surface area contributed by atoms with Crippen LogP contribution in [0.4, 0.5) is 0 Å². The molecule has 1 aromatic carbocycles. The number of thioether (sulfide) groups is 1. The summed E-state index contributed by atoms with van der Waals surface area (Å²) in [6, 6.07) is 10.2. The maximum atomic E-state index is 11.6. The fourth-order valence-corrected chi connectivity index (χ4v) is 2.69. The van der Waals surface area contributed by atoms with Gasteiger partial charge >= 0.3 is 5.97 Å². The lowest BCUT2D eigenvalue weighted by molar-refractivity contribution is -0.142. The number of carbonyl (C=O) groups excluding carboxylic acids is 1. The molecule has 0 radical (unpaired) electrons. The van der Waals surface area contributed by atoms with Crippen molar-refractivity contribution in [1.82, 2.24) is 10.2 Å². The number of benzene rings is 1. The summed E-state index contributed by atoms with van der Waals surface area (Å²) in [6.45, 7) is 6.03. The lowest BCUT2D eigenvalue weighted by Crippen LogP contribution is -2.16. The maximum absolute atomic E-state index is 11.6. The molecule has 5 nitrogen and oxygen atoms in total. The van der Waals surface area contributed by atoms with Gasteiger partial charge in [0.15, 0.2) is 0 Å². The number of esters is 1. The van der Waals surface area contributed by atoms with Crippen molar-refractivity contribution in [2.45, 2.75) is 43.6 Å². The molecule has 2 aromatic rings. The summed E-state index contributed by atoms with van der Waals surface area (Å²) in [4.78, 5) is 11.6. The highest BCUT2D eigenvalue weighted by molar-refractivity contribution is 8.00. The fraction of sp³-hybridized carbons (Fsp3) is 0.438. The van der Waals surface area contributed by atoms with Gasteiger partial charge in [-0.15, -0.1) is 10.2 Å². The van der Waals surface area contributed by atoms with Crippen LogP contribution < -0.4 is 0 Å². The number of carbonyl (C=O) groups is 1. The van der Waals surface area contributed by atoms with Crippen LogP contribution in [0.1, 0.15) is 38.1 Å². The number of hydrogen-bond donors (Lipinski definition) is 0. The quantitative estimate of drug-likeness (QED) is 0.575. The minimum absolute atomic E-state index is 0.273. The molecule has 1 heterocycles. The molecule has 118 valence electrons. The molecule has 22 heavy (non-hydrogen) atoms. The van der Waals surface area contributed by atoms with Gasteiger partial charge in [-0.1, -0.05) is 49.0 Å². The van der Waals surface area contributed by atoms with E-state index in [4.69, 9.17) is 9.15 Å². The largest absolute Gasteiger partial charge is 0.465 e. The number of rotatable bonds is 7. The summed E-state index contributed by atoms with van der Waals surface area (Å²) >= 11 is 1.22. The molecule has 0 saturated carbocycles. The Morgan fingerprint density at radius 2 is 2.00 bits per heavy atom. The zero-order valence-corrected chi connectivity index (χ0v) is 13.8. The molecule has 0 N–H and O–H groups in total. The van der Waals surface area contributed by atoms with E-state index in [1.165, 1.54) is 17.3 Å². The topological polar surface area (TPSA) is 65.2 Å². The molecule has 0 spiro atoms. The Hall–Kier alpha value is -1.82. The van der Waals surface area contributed by atoms with Crippen LogP contribution in [0.5, 0.6) is 0 Å². The first-order chi connectivity index (χ1) is 10.6. The fourth-order valence-electron chi connectivity index (χ4n) is 1.99. The standard InChI is InChI=1S/C16H20N2O3S/c1-4-20-15(19)12(3)22-16-18-17-14(21-16)10-11(2)13-8-6-5-7-9-13/h5-9,11-12H,4,10H2,1-3H3. The van der Waals surface area contributed by atoms with Gasteiger partial charge in [-0.2, -0.15) is 0 Å². The highest BCUT2D eigenvalue weighted by Gasteiger charge is 2.20. The molecule has 2 unspecified atom stereocenters. The normalized spacial score (nSPS) is 13.6. The van der Waals surface area contributed by atoms with Crippen molar-refractivity contribution >= 4 is 17.7 Å². The second-order valence-electron chi connectivity index (χ2n) is 4.99. The van der Waals surface area contributed by atoms with Crippen LogP contribution in [0, 0.1) is 0 Å². The van der Waals surface area contributed by atoms with Gasteiger partial charge in [0.1, 0.15) is 5.25 Å². The van der Waals surface area contributed by atoms with Gasteiger partial charge < -0.3 is 9.15 Å². The molecule has 0 fully saturated rings. The Kier molecular flexibility index (Phi) is 6.00. The second kappa shape index (κ2) is 7.98. The van der Waals surface area contributed by atoms with Crippen molar-refractivity contribution in [2.24, 2.45) is 0 Å². The number of aromatic nitrogens is 2. The third kappa shape index (κ3) is 4.59. The van der Waals surface area contributed by atoms with E-state index >= 15 is 0 Å². The van der Waals surface area contributed by atoms with E-state index in [1.807, 2.05) is 18.2 Å². The smallest absolute Gasteiger partial charge is 0.319 e. The molecule has 0 saturated heterocycles. The first kappa shape index (κ1) is 16.5. The van der Waals surface area contributed by atoms with E-state index in [0.29, 0.717) is 30.1 Å². The summed E-state index contributed by atoms with van der Waals surface area (Å²) in [7, 11) is 0. The molecule has 0 bridgehead atoms. The third-order valence-corrected chi connectivity index (χ3v) is 4.11. The van der Waals surface area contributed by atoms with Gasteiger partial charge in [-0.25, -0.2) is 0 Å². The Labute approximate surface area is 134 Å². The minimum Gasteiger partial charge on any atom is -0.465 e. The average Bonchev–Trinajstić information content (AvgIpc) is 2.95. The van der Waals surface area contributed by atoms with Crippen LogP contribution in [0.25, 0.3) is 0 Å². The van der Waals surface area contributed by atoms with Crippen LogP contribution in [0.15, 0.2) is 40.0 Å². The Morgan fingerprint density at radius 3 is 2.68 bits per heavy atom. The van der Waals surface area contributed by atoms with E-state index in [2.05, 4.69) is 29.3 Å². The van der Waals surface area contributed by atoms with Crippen molar-refractivity contribution in [2.75, 3.05) is 6.61 Å². The zero-order valence-electron chi connectivity index (χ0n) is 13.0. The van der Waals surface area contributed by atoms with Crippen LogP contribution >= 0.6 is 11.8 Å². The van der Waals surface area contributed by atoms with Crippen molar-refractivity contribution < 1.29 is 13.9 Å². The average molecular weight is 320 g/mol. The molecule has 0 amide bonds. The van der Waals surface area contributed by atoms with Gasteiger partial charge in [0.25, 0.3) is 5.22 Å². The summed E-state index contributed by atoms with van der Waals surface area (Å²) in [5.41, 5.74) is 1.23. The SMILES string of the molecule is CCOC(=O)C(C)Sc1nnc(CC(C)c2ccccc2)o1. The Balaban J connectivity index is 1.93. The summed E-state index contributed by atoms with van der Waals surface area (Å²) in [6.07, 6.45) is 0.672. The highest BCUT2D eigenvalue weighted by Crippen LogP contribution is 2.25. The van der Waals surface area contributed by atoms with E-state index in [-0.39, 0.29) is 11.2 Å². The summed E-state index contributed by atoms with van der Waals surface area (Å²) in [5.74, 6) is 0.599. The Morgan fingerprint density at radius 1 is 1.27 bits per heavy atom. The maximum Gasteiger partial charge on any atom is 0.319 e. The Bertz CT molecular complexity index is 600. The summed E-state index contributed by atoms with van der Waals surface area (Å²) in [5, 5.41) is 8.07. The predicted molar refractivity (Wildman–Crippen MR) is 84.8 cm³/mol. The van der Waals surface area contributed by atoms with Crippen molar-refractivity contribution in [3.8, 4) is 0 Å². The first-order valence-corrected chi connectivity index (χ1v) is 8.18. The van der Waals surface area contributed by atoms with Crippen LogP contribution in [-0.4, -0.2) is 28.0 Å². The van der Waals surface area contributed by atoms with Gasteiger partial charge in [0.05, 0.1) is 6.61 Å². The van der Waals surface area contributed by atoms with Crippen molar-refractivity contribution in [1.29, 1.82) is 0 Å². The van der Waals surface area contributed by atoms with E-state index in [0.717, 1.165) is 0 Å². The molecule has 0 aliphatic carbocycles. The lowest BCUT2D eigenvalue weighted by Gasteiger charge is -2.08.